The molecule has 1 aromatic carbocycles. The maximum Gasteiger partial charge on any atom is 0.115 e. The summed E-state index contributed by atoms with van der Waals surface area (Å²) >= 11 is 0. The molecule has 0 spiro atoms. The molecule has 1 aromatic rings. The van der Waals surface area contributed by atoms with Gasteiger partial charge in [-0.25, -0.2) is 0 Å². The second kappa shape index (κ2) is 7.51. The molecule has 0 aliphatic rings. The van der Waals surface area contributed by atoms with E-state index < -0.39 is 0 Å². The smallest absolute Gasteiger partial charge is 0.115 e. The number of hydrogen-bond donors (Lipinski definition) is 3. The van der Waals surface area contributed by atoms with Crippen molar-refractivity contribution in [3.8, 4) is 5.75 Å². The van der Waals surface area contributed by atoms with Gasteiger partial charge >= 0.3 is 0 Å². The maximum atomic E-state index is 9.25. The Morgan fingerprint density at radius 2 is 1.26 bits per heavy atom. The highest BCUT2D eigenvalue weighted by molar-refractivity contribution is 5.30. The van der Waals surface area contributed by atoms with E-state index in [2.05, 4.69) is 34.6 Å². The summed E-state index contributed by atoms with van der Waals surface area (Å²) in [5, 5.41) is 24.5. The molecule has 0 aliphatic heterocycles. The molecule has 0 aromatic heterocycles. The van der Waals surface area contributed by atoms with E-state index in [1.165, 1.54) is 5.56 Å². The molecule has 0 heterocycles. The van der Waals surface area contributed by atoms with E-state index in [-0.39, 0.29) is 18.6 Å². The van der Waals surface area contributed by atoms with Crippen molar-refractivity contribution in [2.24, 2.45) is 5.41 Å². The number of aliphatic hydroxyl groups is 2. The summed E-state index contributed by atoms with van der Waals surface area (Å²) in [6.45, 7) is 11.0. The van der Waals surface area contributed by atoms with Crippen molar-refractivity contribution < 1.29 is 15.3 Å². The van der Waals surface area contributed by atoms with Crippen LogP contribution < -0.4 is 0 Å². The van der Waals surface area contributed by atoms with Crippen molar-refractivity contribution in [3.05, 3.63) is 29.8 Å². The van der Waals surface area contributed by atoms with Crippen molar-refractivity contribution in [2.45, 2.75) is 46.5 Å². The Bertz CT molecular complexity index is 345. The minimum Gasteiger partial charge on any atom is -0.508 e. The molecule has 0 fully saturated rings. The average molecular weight is 268 g/mol. The summed E-state index contributed by atoms with van der Waals surface area (Å²) in [7, 11) is 0. The van der Waals surface area contributed by atoms with Gasteiger partial charge < -0.3 is 15.3 Å². The van der Waals surface area contributed by atoms with Gasteiger partial charge in [0.25, 0.3) is 0 Å². The first-order valence-corrected chi connectivity index (χ1v) is 6.63. The van der Waals surface area contributed by atoms with Gasteiger partial charge in [-0.05, 0) is 34.9 Å². The summed E-state index contributed by atoms with van der Waals surface area (Å²) in [5.74, 6) is 0.338. The van der Waals surface area contributed by atoms with E-state index in [1.54, 1.807) is 12.1 Å². The normalized spacial score (nSPS) is 11.7. The first-order valence-electron chi connectivity index (χ1n) is 6.63. The monoisotopic (exact) mass is 268 g/mol. The van der Waals surface area contributed by atoms with E-state index in [1.807, 2.05) is 12.1 Å². The van der Waals surface area contributed by atoms with Crippen LogP contribution in [0.5, 0.6) is 5.75 Å². The third kappa shape index (κ3) is 7.85. The molecule has 0 atom stereocenters. The fraction of sp³-hybridized carbons (Fsp3) is 0.625. The lowest BCUT2D eigenvalue weighted by atomic mass is 9.72. The lowest BCUT2D eigenvalue weighted by Gasteiger charge is -2.33. The Morgan fingerprint density at radius 1 is 0.842 bits per heavy atom. The van der Waals surface area contributed by atoms with Crippen molar-refractivity contribution >= 4 is 0 Å². The van der Waals surface area contributed by atoms with Crippen LogP contribution in [-0.2, 0) is 5.41 Å². The van der Waals surface area contributed by atoms with Crippen LogP contribution in [0.2, 0.25) is 0 Å². The number of hydrogen-bond acceptors (Lipinski definition) is 3. The second-order valence-electron chi connectivity index (χ2n) is 6.62. The molecule has 0 saturated carbocycles. The fourth-order valence-corrected chi connectivity index (χ4v) is 2.34. The van der Waals surface area contributed by atoms with E-state index in [9.17, 15) is 5.11 Å². The van der Waals surface area contributed by atoms with Gasteiger partial charge in [-0.1, -0.05) is 46.8 Å². The third-order valence-electron chi connectivity index (χ3n) is 2.72. The van der Waals surface area contributed by atoms with Crippen LogP contribution in [0.15, 0.2) is 24.3 Å². The molecule has 110 valence electrons. The van der Waals surface area contributed by atoms with Crippen molar-refractivity contribution in [1.82, 2.24) is 0 Å². The molecular weight excluding hydrogens is 240 g/mol. The van der Waals surface area contributed by atoms with Crippen LogP contribution in [0, 0.1) is 5.41 Å². The minimum atomic E-state index is -0.125. The van der Waals surface area contributed by atoms with E-state index >= 15 is 0 Å². The summed E-state index contributed by atoms with van der Waals surface area (Å²) in [6, 6.07) is 7.56. The topological polar surface area (TPSA) is 60.7 Å². The predicted octanol–water partition coefficient (Wildman–Crippen LogP) is 3.08. The summed E-state index contributed by atoms with van der Waals surface area (Å²) in [6.07, 6.45) is 1.13. The number of phenolic OH excluding ortho intramolecular Hbond substituents is 1. The van der Waals surface area contributed by atoms with E-state index in [4.69, 9.17) is 10.2 Å². The van der Waals surface area contributed by atoms with Gasteiger partial charge in [0, 0.05) is 0 Å². The van der Waals surface area contributed by atoms with Gasteiger partial charge in [0.1, 0.15) is 5.75 Å². The summed E-state index contributed by atoms with van der Waals surface area (Å²) in [5.41, 5.74) is 1.77. The quantitative estimate of drug-likeness (QED) is 0.789. The highest BCUT2D eigenvalue weighted by Crippen LogP contribution is 2.36. The number of rotatable bonds is 3. The zero-order chi connectivity index (χ0) is 15.1. The van der Waals surface area contributed by atoms with Crippen molar-refractivity contribution in [2.75, 3.05) is 13.2 Å². The molecule has 0 aliphatic carbocycles. The highest BCUT2D eigenvalue weighted by Gasteiger charge is 2.26. The van der Waals surface area contributed by atoms with Crippen molar-refractivity contribution in [1.29, 1.82) is 0 Å². The molecule has 1 rings (SSSR count). The fourth-order valence-electron chi connectivity index (χ4n) is 2.34. The molecule has 3 heteroatoms. The Balaban J connectivity index is 0.000000711. The molecule has 19 heavy (non-hydrogen) atoms. The largest absolute Gasteiger partial charge is 0.508 e. The molecule has 0 bridgehead atoms. The SMILES string of the molecule is CC(C)(C)CC(C)(C)c1ccc(O)cc1.OCCO. The van der Waals surface area contributed by atoms with Gasteiger partial charge in [0.15, 0.2) is 0 Å². The molecule has 0 amide bonds. The number of aromatic hydroxyl groups is 1. The Labute approximate surface area is 116 Å². The van der Waals surface area contributed by atoms with Gasteiger partial charge in [-0.15, -0.1) is 0 Å². The Hall–Kier alpha value is -1.06. The van der Waals surface area contributed by atoms with Crippen LogP contribution in [0.3, 0.4) is 0 Å². The average Bonchev–Trinajstić information content (AvgIpc) is 2.27. The Morgan fingerprint density at radius 3 is 1.58 bits per heavy atom. The third-order valence-corrected chi connectivity index (χ3v) is 2.72. The summed E-state index contributed by atoms with van der Waals surface area (Å²) in [4.78, 5) is 0. The van der Waals surface area contributed by atoms with Gasteiger partial charge in [0.05, 0.1) is 13.2 Å². The van der Waals surface area contributed by atoms with Crippen molar-refractivity contribution in [3.63, 3.8) is 0 Å². The van der Waals surface area contributed by atoms with Gasteiger partial charge in [-0.3, -0.25) is 0 Å². The van der Waals surface area contributed by atoms with Crippen LogP contribution in [0.4, 0.5) is 0 Å². The minimum absolute atomic E-state index is 0.125. The zero-order valence-corrected chi connectivity index (χ0v) is 12.8. The van der Waals surface area contributed by atoms with E-state index in [0.29, 0.717) is 11.2 Å². The van der Waals surface area contributed by atoms with Gasteiger partial charge in [0.2, 0.25) is 0 Å². The molecule has 0 saturated heterocycles. The molecule has 0 radical (unpaired) electrons. The number of phenols is 1. The molecule has 0 unspecified atom stereocenters. The standard InChI is InChI=1S/C14H22O.C2H6O2/c1-13(2,3)10-14(4,5)11-6-8-12(15)9-7-11;3-1-2-4/h6-9,15H,10H2,1-5H3;3-4H,1-2H2. The maximum absolute atomic E-state index is 9.25. The summed E-state index contributed by atoms with van der Waals surface area (Å²) < 4.78 is 0. The lowest BCUT2D eigenvalue weighted by Crippen LogP contribution is -2.24. The van der Waals surface area contributed by atoms with Gasteiger partial charge in [-0.2, -0.15) is 0 Å². The molecule has 3 nitrogen and oxygen atoms in total. The van der Waals surface area contributed by atoms with Crippen LogP contribution in [0.1, 0.15) is 46.6 Å². The van der Waals surface area contributed by atoms with Crippen LogP contribution in [-0.4, -0.2) is 28.5 Å². The first kappa shape index (κ1) is 17.9. The highest BCUT2D eigenvalue weighted by atomic mass is 16.3. The first-order chi connectivity index (χ1) is 8.62. The lowest BCUT2D eigenvalue weighted by molar-refractivity contribution is 0.186. The number of aliphatic hydroxyl groups excluding tert-OH is 2. The zero-order valence-electron chi connectivity index (χ0n) is 12.8. The van der Waals surface area contributed by atoms with E-state index in [0.717, 1.165) is 6.42 Å². The number of benzene rings is 1. The van der Waals surface area contributed by atoms with Crippen LogP contribution in [0.25, 0.3) is 0 Å². The molecule has 3 N–H and O–H groups in total. The van der Waals surface area contributed by atoms with Crippen LogP contribution >= 0.6 is 0 Å². The predicted molar refractivity (Wildman–Crippen MR) is 79.4 cm³/mol. The molecular formula is C16H28O3. The Kier molecular flexibility index (Phi) is 7.09. The second-order valence-corrected chi connectivity index (χ2v) is 6.62.